The number of aryl methyl sites for hydroxylation is 2. The van der Waals surface area contributed by atoms with Gasteiger partial charge in [-0.15, -0.1) is 11.3 Å². The fourth-order valence-electron chi connectivity index (χ4n) is 3.21. The summed E-state index contributed by atoms with van der Waals surface area (Å²) in [6, 6.07) is 13.9. The van der Waals surface area contributed by atoms with Crippen LogP contribution in [0, 0.1) is 13.8 Å². The summed E-state index contributed by atoms with van der Waals surface area (Å²) in [7, 11) is 0. The summed E-state index contributed by atoms with van der Waals surface area (Å²) < 4.78 is 0. The van der Waals surface area contributed by atoms with Crippen molar-refractivity contribution < 1.29 is 4.79 Å². The van der Waals surface area contributed by atoms with E-state index in [9.17, 15) is 4.79 Å². The van der Waals surface area contributed by atoms with Crippen LogP contribution in [0.25, 0.3) is 21.1 Å². The van der Waals surface area contributed by atoms with Gasteiger partial charge >= 0.3 is 0 Å². The van der Waals surface area contributed by atoms with Crippen LogP contribution >= 0.6 is 11.3 Å². The SMILES string of the molecule is CC(=O)NCCc1cccc(Nc2nccc(-c3sc(-c4ccc(C)nc4)nc3C)n2)c1. The van der Waals surface area contributed by atoms with Crippen LogP contribution in [0.5, 0.6) is 0 Å². The summed E-state index contributed by atoms with van der Waals surface area (Å²) >= 11 is 1.60. The van der Waals surface area contributed by atoms with Crippen LogP contribution < -0.4 is 10.6 Å². The van der Waals surface area contributed by atoms with Crippen molar-refractivity contribution in [2.24, 2.45) is 0 Å². The van der Waals surface area contributed by atoms with Crippen LogP contribution in [0.4, 0.5) is 11.6 Å². The van der Waals surface area contributed by atoms with Crippen molar-refractivity contribution in [2.45, 2.75) is 27.2 Å². The van der Waals surface area contributed by atoms with E-state index in [2.05, 4.69) is 20.6 Å². The number of hydrogen-bond donors (Lipinski definition) is 2. The van der Waals surface area contributed by atoms with E-state index in [1.54, 1.807) is 17.5 Å². The zero-order chi connectivity index (χ0) is 22.5. The molecule has 1 amide bonds. The predicted octanol–water partition coefficient (Wildman–Crippen LogP) is 4.70. The standard InChI is InChI=1S/C24H24N6OS/c1-15-7-8-19(14-27-15)23-28-16(2)22(32-23)21-10-12-26-24(30-21)29-20-6-4-5-18(13-20)9-11-25-17(3)31/h4-8,10,12-14H,9,11H2,1-3H3,(H,25,31)(H,26,29,30). The average molecular weight is 445 g/mol. The summed E-state index contributed by atoms with van der Waals surface area (Å²) in [6.07, 6.45) is 4.35. The molecule has 0 atom stereocenters. The molecule has 4 rings (SSSR count). The number of rotatable bonds is 7. The molecule has 32 heavy (non-hydrogen) atoms. The minimum absolute atomic E-state index is 0.0235. The van der Waals surface area contributed by atoms with Gasteiger partial charge in [-0.2, -0.15) is 0 Å². The number of anilines is 2. The van der Waals surface area contributed by atoms with Gasteiger partial charge in [-0.05, 0) is 56.2 Å². The number of nitrogens with one attached hydrogen (secondary N) is 2. The summed E-state index contributed by atoms with van der Waals surface area (Å²) in [4.78, 5) is 30.3. The lowest BCUT2D eigenvalue weighted by atomic mass is 10.1. The molecule has 2 N–H and O–H groups in total. The lowest BCUT2D eigenvalue weighted by molar-refractivity contribution is -0.118. The Morgan fingerprint density at radius 3 is 2.72 bits per heavy atom. The normalized spacial score (nSPS) is 10.7. The van der Waals surface area contributed by atoms with Crippen LogP contribution in [-0.4, -0.2) is 32.4 Å². The zero-order valence-corrected chi connectivity index (χ0v) is 19.0. The lowest BCUT2D eigenvalue weighted by Gasteiger charge is -2.08. The van der Waals surface area contributed by atoms with Crippen LogP contribution in [0.3, 0.4) is 0 Å². The molecule has 0 aliphatic rings. The van der Waals surface area contributed by atoms with E-state index in [0.29, 0.717) is 12.5 Å². The third kappa shape index (κ3) is 5.33. The highest BCUT2D eigenvalue weighted by Gasteiger charge is 2.13. The van der Waals surface area contributed by atoms with Crippen LogP contribution in [0.2, 0.25) is 0 Å². The molecule has 0 saturated heterocycles. The third-order valence-electron chi connectivity index (χ3n) is 4.81. The molecule has 0 spiro atoms. The number of nitrogens with zero attached hydrogens (tertiary/aromatic N) is 4. The molecule has 0 fully saturated rings. The Kier molecular flexibility index (Phi) is 6.51. The maximum atomic E-state index is 11.1. The molecule has 0 aliphatic heterocycles. The van der Waals surface area contributed by atoms with Crippen molar-refractivity contribution in [1.29, 1.82) is 0 Å². The Labute approximate surface area is 191 Å². The Morgan fingerprint density at radius 2 is 1.94 bits per heavy atom. The Morgan fingerprint density at radius 1 is 1.06 bits per heavy atom. The molecule has 0 bridgehead atoms. The number of hydrogen-bond acceptors (Lipinski definition) is 7. The molecule has 162 valence electrons. The van der Waals surface area contributed by atoms with E-state index in [1.807, 2.05) is 62.5 Å². The number of thiazole rings is 1. The second-order valence-corrected chi connectivity index (χ2v) is 8.44. The molecule has 4 aromatic rings. The van der Waals surface area contributed by atoms with Gasteiger partial charge in [-0.1, -0.05) is 12.1 Å². The Bertz CT molecular complexity index is 1240. The molecule has 0 saturated carbocycles. The predicted molar refractivity (Wildman–Crippen MR) is 128 cm³/mol. The quantitative estimate of drug-likeness (QED) is 0.429. The lowest BCUT2D eigenvalue weighted by Crippen LogP contribution is -2.22. The fourth-order valence-corrected chi connectivity index (χ4v) is 4.24. The highest BCUT2D eigenvalue weighted by molar-refractivity contribution is 7.18. The first-order chi connectivity index (χ1) is 15.5. The number of pyridine rings is 1. The molecule has 0 unspecified atom stereocenters. The number of carbonyl (C=O) groups excluding carboxylic acids is 1. The number of amides is 1. The monoisotopic (exact) mass is 444 g/mol. The van der Waals surface area contributed by atoms with Gasteiger partial charge in [-0.3, -0.25) is 9.78 Å². The van der Waals surface area contributed by atoms with Crippen LogP contribution in [0.15, 0.2) is 54.9 Å². The van der Waals surface area contributed by atoms with E-state index >= 15 is 0 Å². The van der Waals surface area contributed by atoms with E-state index in [0.717, 1.165) is 50.2 Å². The van der Waals surface area contributed by atoms with Crippen molar-refractivity contribution in [3.8, 4) is 21.1 Å². The second kappa shape index (κ2) is 9.65. The van der Waals surface area contributed by atoms with E-state index < -0.39 is 0 Å². The molecule has 7 nitrogen and oxygen atoms in total. The van der Waals surface area contributed by atoms with Gasteiger partial charge in [0.25, 0.3) is 0 Å². The van der Waals surface area contributed by atoms with Crippen molar-refractivity contribution >= 4 is 28.9 Å². The molecule has 8 heteroatoms. The minimum Gasteiger partial charge on any atom is -0.356 e. The largest absolute Gasteiger partial charge is 0.356 e. The summed E-state index contributed by atoms with van der Waals surface area (Å²) in [5.41, 5.74) is 5.75. The van der Waals surface area contributed by atoms with Crippen molar-refractivity contribution in [2.75, 3.05) is 11.9 Å². The van der Waals surface area contributed by atoms with Gasteiger partial charge in [0.1, 0.15) is 5.01 Å². The molecular formula is C24H24N6OS. The van der Waals surface area contributed by atoms with Crippen LogP contribution in [-0.2, 0) is 11.2 Å². The first-order valence-corrected chi connectivity index (χ1v) is 11.1. The number of carbonyl (C=O) groups is 1. The number of aromatic nitrogens is 4. The van der Waals surface area contributed by atoms with E-state index in [1.165, 1.54) is 6.92 Å². The highest BCUT2D eigenvalue weighted by Crippen LogP contribution is 2.34. The van der Waals surface area contributed by atoms with Crippen molar-refractivity contribution in [3.63, 3.8) is 0 Å². The van der Waals surface area contributed by atoms with Gasteiger partial charge in [0.2, 0.25) is 11.9 Å². The summed E-state index contributed by atoms with van der Waals surface area (Å²) in [5.74, 6) is 0.498. The topological polar surface area (TPSA) is 92.7 Å². The zero-order valence-electron chi connectivity index (χ0n) is 18.2. The molecule has 3 aromatic heterocycles. The molecule has 0 radical (unpaired) electrons. The van der Waals surface area contributed by atoms with Gasteiger partial charge < -0.3 is 10.6 Å². The summed E-state index contributed by atoms with van der Waals surface area (Å²) in [5, 5.41) is 7.02. The van der Waals surface area contributed by atoms with E-state index in [-0.39, 0.29) is 5.91 Å². The van der Waals surface area contributed by atoms with Crippen molar-refractivity contribution in [3.05, 3.63) is 71.8 Å². The van der Waals surface area contributed by atoms with Crippen molar-refractivity contribution in [1.82, 2.24) is 25.3 Å². The van der Waals surface area contributed by atoms with Gasteiger partial charge in [0, 0.05) is 42.8 Å². The van der Waals surface area contributed by atoms with Crippen LogP contribution in [0.1, 0.15) is 23.9 Å². The minimum atomic E-state index is -0.0235. The average Bonchev–Trinajstić information content (AvgIpc) is 3.16. The Hall–Kier alpha value is -3.65. The van der Waals surface area contributed by atoms with Gasteiger partial charge in [-0.25, -0.2) is 15.0 Å². The number of benzene rings is 1. The maximum absolute atomic E-state index is 11.1. The van der Waals surface area contributed by atoms with E-state index in [4.69, 9.17) is 9.97 Å². The molecule has 3 heterocycles. The molecule has 1 aromatic carbocycles. The second-order valence-electron chi connectivity index (χ2n) is 7.45. The first-order valence-electron chi connectivity index (χ1n) is 10.3. The summed E-state index contributed by atoms with van der Waals surface area (Å²) in [6.45, 7) is 6.09. The third-order valence-corrected chi connectivity index (χ3v) is 6.04. The fraction of sp³-hybridized carbons (Fsp3) is 0.208. The van der Waals surface area contributed by atoms with Gasteiger partial charge in [0.05, 0.1) is 16.3 Å². The van der Waals surface area contributed by atoms with Gasteiger partial charge in [0.15, 0.2) is 0 Å². The maximum Gasteiger partial charge on any atom is 0.227 e. The smallest absolute Gasteiger partial charge is 0.227 e. The molecular weight excluding hydrogens is 420 g/mol. The molecule has 0 aliphatic carbocycles. The Balaban J connectivity index is 1.52. The first kappa shape index (κ1) is 21.6. The highest BCUT2D eigenvalue weighted by atomic mass is 32.1.